The Morgan fingerprint density at radius 1 is 0.333 bits per heavy atom. The zero-order chi connectivity index (χ0) is 97.9. The lowest BCUT2D eigenvalue weighted by molar-refractivity contribution is -0.870. The van der Waals surface area contributed by atoms with Gasteiger partial charge < -0.3 is 100 Å². The molecule has 0 aromatic heterocycles. The minimum absolute atomic E-state index is 0. The Morgan fingerprint density at radius 3 is 0.837 bits per heavy atom. The summed E-state index contributed by atoms with van der Waals surface area (Å²) in [7, 11) is -0.203. The number of esters is 8. The third kappa shape index (κ3) is 57.6. The molecular formula is C90H184N2O33P2Si2+2. The predicted molar refractivity (Wildman–Crippen MR) is 499 cm³/mol. The SMILES string of the molecule is C.CCCCCCCCCCCCOC(=O)C(C)(CC(C)(CC)C(=O)OCCOP(=O)(O)OCC[N+](C)(C)C)CC(C)(CC(C)(C)C(=O)OCCC[Si](O)(O)O)C(=O)OCC(C)O.CCCCCCCCCCCCOC(=O)C(C)(CC(C)(CC)C(=O)OCCOP(=O)(O)OCC[N+](C)(C)C)CC(C)(CC(C)(C)C(=O)OCCC[Si](OC)(OC)OC)C(=O)OCC(C)O.O.[2HH]. The van der Waals surface area contributed by atoms with Gasteiger partial charge in [-0.15, -0.1) is 0 Å². The second-order valence-corrected chi connectivity index (χ2v) is 47.6. The van der Waals surface area contributed by atoms with Crippen molar-refractivity contribution in [3.8, 4) is 0 Å². The molecule has 0 rings (SSSR count). The Balaban J connectivity index is -0.000000784. The van der Waals surface area contributed by atoms with E-state index in [4.69, 9.17) is 69.3 Å². The van der Waals surface area contributed by atoms with Gasteiger partial charge in [0, 0.05) is 34.8 Å². The molecular weight excluding hydrogens is 1760 g/mol. The number of quaternary nitrogens is 2. The van der Waals surface area contributed by atoms with Crippen molar-refractivity contribution in [3.05, 3.63) is 0 Å². The van der Waals surface area contributed by atoms with Gasteiger partial charge in [-0.1, -0.05) is 151 Å². The Labute approximate surface area is 778 Å². The van der Waals surface area contributed by atoms with Gasteiger partial charge in [-0.3, -0.25) is 56.5 Å². The van der Waals surface area contributed by atoms with Crippen LogP contribution >= 0.6 is 15.6 Å². The van der Waals surface area contributed by atoms with Crippen LogP contribution in [-0.2, 0) is 117 Å². The van der Waals surface area contributed by atoms with Crippen LogP contribution in [0.5, 0.6) is 0 Å². The van der Waals surface area contributed by atoms with Crippen LogP contribution in [0.4, 0.5) is 0 Å². The molecule has 0 bridgehead atoms. The standard InChI is InChI=1S/C46H90NO16PSi.C43H84NO16PSi.CH4.H2O.H2/c1-15-17-18-19-20-21-22-23-24-25-28-59-41(51)46(8,36-44(6,16-2)40(50)60-31-32-63-64(53,54)62-30-27-47(9,10)11)37-45(7,42(52)61-34-38(3)48)35-43(4,5)39(49)58-29-26-33-65(55-12,56-13)57-14;1-12-14-15-16-17-18-19-20-21-22-25-56-38(48)43(8,33-41(6,13-2)37(47)57-28-29-60-61(50,51)59-27-24-44(9,10)11)34-42(7,39(49)58-31-35(3)45)32-40(4,5)36(46)55-26-23-30-62(52,53)54;;;/h38,48H,15-37H2,1-14H3;35,45,52-54H,12-34H2,1-11H3;1H4;1H2;1H/p+2/i;;;;1+1. The number of likely N-dealkylation sites (N-methyl/N-ethyl adjacent to an activating group) is 2. The molecule has 0 fully saturated rings. The van der Waals surface area contributed by atoms with Crippen molar-refractivity contribution < 1.29 is 167 Å². The van der Waals surface area contributed by atoms with E-state index < -0.39 is 156 Å². The van der Waals surface area contributed by atoms with Crippen LogP contribution in [0, 0.1) is 43.3 Å². The molecule has 0 radical (unpaired) electrons. The first kappa shape index (κ1) is 131. The number of unbranched alkanes of at least 4 members (excludes halogenated alkanes) is 18. The van der Waals surface area contributed by atoms with Gasteiger partial charge in [-0.25, -0.2) is 9.13 Å². The monoisotopic (exact) mass is 1940 g/mol. The molecule has 0 aromatic carbocycles. The number of ether oxygens (including phenoxy) is 8. The van der Waals surface area contributed by atoms with Crippen LogP contribution in [0.2, 0.25) is 12.1 Å². The summed E-state index contributed by atoms with van der Waals surface area (Å²) in [6.07, 6.45) is 19.4. The fourth-order valence-corrected chi connectivity index (χ4v) is 19.1. The van der Waals surface area contributed by atoms with Gasteiger partial charge in [0.05, 0.1) is 137 Å². The Kier molecular flexibility index (Phi) is 65.3. The summed E-state index contributed by atoms with van der Waals surface area (Å²) in [6.45, 7) is 25.4. The summed E-state index contributed by atoms with van der Waals surface area (Å²) >= 11 is 0. The van der Waals surface area contributed by atoms with Gasteiger partial charge in [-0.05, 0) is 160 Å². The van der Waals surface area contributed by atoms with E-state index in [1.165, 1.54) is 106 Å². The van der Waals surface area contributed by atoms with Gasteiger partial charge in [0.15, 0.2) is 0 Å². The second kappa shape index (κ2) is 64.1. The minimum atomic E-state index is -4.43. The van der Waals surface area contributed by atoms with Crippen molar-refractivity contribution in [2.24, 2.45) is 43.3 Å². The fourth-order valence-electron chi connectivity index (χ4n) is 15.4. The number of carbonyl (C=O) groups is 8. The maximum atomic E-state index is 14.5. The number of aliphatic hydroxyl groups is 2. The normalized spacial score (nSPS) is 16.5. The van der Waals surface area contributed by atoms with Crippen molar-refractivity contribution in [1.29, 1.82) is 0 Å². The molecule has 0 saturated heterocycles. The Bertz CT molecular complexity index is 3240. The molecule has 0 heterocycles. The summed E-state index contributed by atoms with van der Waals surface area (Å²) < 4.78 is 108. The van der Waals surface area contributed by atoms with Crippen LogP contribution in [0.25, 0.3) is 0 Å². The molecule has 10 unspecified atom stereocenters. The second-order valence-electron chi connectivity index (χ2n) is 39.5. The first-order chi connectivity index (χ1) is 58.6. The molecule has 0 aliphatic heterocycles. The summed E-state index contributed by atoms with van der Waals surface area (Å²) in [5, 5.41) is 20.1. The molecule has 0 spiro atoms. The number of carbonyl (C=O) groups excluding carboxylic acids is 8. The molecule has 0 aromatic rings. The summed E-state index contributed by atoms with van der Waals surface area (Å²) in [6, 6.07) is 0.0514. The molecule has 0 amide bonds. The van der Waals surface area contributed by atoms with Crippen molar-refractivity contribution in [3.63, 3.8) is 0 Å². The van der Waals surface area contributed by atoms with Gasteiger partial charge in [0.25, 0.3) is 0 Å². The van der Waals surface area contributed by atoms with Gasteiger partial charge in [-0.2, -0.15) is 0 Å². The van der Waals surface area contributed by atoms with Crippen LogP contribution in [0.3, 0.4) is 0 Å². The Hall–Kier alpha value is -4.03. The third-order valence-corrected chi connectivity index (χ3v) is 28.5. The number of phosphoric acid groups is 2. The number of phosphoric ester groups is 2. The van der Waals surface area contributed by atoms with Gasteiger partial charge >= 0.3 is 81.0 Å². The Morgan fingerprint density at radius 2 is 0.566 bits per heavy atom. The molecule has 10 atom stereocenters. The lowest BCUT2D eigenvalue weighted by Crippen LogP contribution is -2.47. The summed E-state index contributed by atoms with van der Waals surface area (Å²) in [5.41, 5.74) is -11.6. The maximum Gasteiger partial charge on any atom is 0.500 e. The molecule has 129 heavy (non-hydrogen) atoms. The largest absolute Gasteiger partial charge is 0.500 e. The topological polar surface area (TPSA) is 482 Å². The molecule has 0 aliphatic rings. The van der Waals surface area contributed by atoms with Crippen molar-refractivity contribution in [2.45, 2.75) is 335 Å². The average Bonchev–Trinajstić information content (AvgIpc) is 0.772. The molecule has 0 aliphatic carbocycles. The molecule has 39 heteroatoms. The van der Waals surface area contributed by atoms with Crippen LogP contribution in [0.15, 0.2) is 0 Å². The first-order valence-corrected chi connectivity index (χ1v) is 53.0. The third-order valence-electron chi connectivity index (χ3n) is 22.6. The molecule has 768 valence electrons. The average molecular weight is 1940 g/mol. The highest BCUT2D eigenvalue weighted by atomic mass is 31.2. The first-order valence-electron chi connectivity index (χ1n) is 46.0. The van der Waals surface area contributed by atoms with E-state index in [9.17, 15) is 81.9 Å². The van der Waals surface area contributed by atoms with E-state index in [1.807, 2.05) is 42.3 Å². The van der Waals surface area contributed by atoms with E-state index in [-0.39, 0.29) is 138 Å². The highest BCUT2D eigenvalue weighted by molar-refractivity contribution is 7.47. The number of hydrogen-bond acceptors (Lipinski definition) is 30. The van der Waals surface area contributed by atoms with E-state index in [1.54, 1.807) is 76.2 Å². The van der Waals surface area contributed by atoms with Gasteiger partial charge in [0.1, 0.15) is 52.7 Å². The molecule has 0 saturated carbocycles. The zero-order valence-corrected chi connectivity index (χ0v) is 87.1. The van der Waals surface area contributed by atoms with Crippen molar-refractivity contribution >= 4 is 81.0 Å². The number of hydrogen-bond donors (Lipinski definition) is 7. The summed E-state index contributed by atoms with van der Waals surface area (Å²) in [4.78, 5) is 160. The van der Waals surface area contributed by atoms with Crippen molar-refractivity contribution in [1.82, 2.24) is 0 Å². The lowest BCUT2D eigenvalue weighted by Gasteiger charge is -2.42. The summed E-state index contributed by atoms with van der Waals surface area (Å²) in [5.74, 6) is -5.59. The van der Waals surface area contributed by atoms with E-state index in [2.05, 4.69) is 13.8 Å². The highest BCUT2D eigenvalue weighted by Gasteiger charge is 2.56. The quantitative estimate of drug-likeness (QED) is 0.00742. The van der Waals surface area contributed by atoms with E-state index in [0.717, 1.165) is 51.4 Å². The number of rotatable bonds is 75. The molecule has 9 N–H and O–H groups in total. The van der Waals surface area contributed by atoms with E-state index >= 15 is 0 Å². The van der Waals surface area contributed by atoms with Crippen LogP contribution in [-0.4, -0.2) is 282 Å². The van der Waals surface area contributed by atoms with Crippen LogP contribution < -0.4 is 0 Å². The van der Waals surface area contributed by atoms with Gasteiger partial charge in [0.2, 0.25) is 0 Å². The minimum Gasteiger partial charge on any atom is -0.465 e. The zero-order valence-electron chi connectivity index (χ0n) is 83.3. The van der Waals surface area contributed by atoms with Crippen molar-refractivity contribution in [2.75, 3.05) is 156 Å². The maximum absolute atomic E-state index is 14.5. The fraction of sp³-hybridized carbons (Fsp3) is 0.911. The number of nitrogens with zero attached hydrogens (tertiary/aromatic N) is 2. The smallest absolute Gasteiger partial charge is 0.465 e. The molecule has 35 nitrogen and oxygen atoms in total. The lowest BCUT2D eigenvalue weighted by atomic mass is 9.61. The predicted octanol–water partition coefficient (Wildman–Crippen LogP) is 14.5. The van der Waals surface area contributed by atoms with E-state index in [0.29, 0.717) is 47.4 Å². The highest BCUT2D eigenvalue weighted by Crippen LogP contribution is 2.53. The van der Waals surface area contributed by atoms with Crippen LogP contribution in [0.1, 0.15) is 312 Å². The number of aliphatic hydroxyl groups excluding tert-OH is 2.